The van der Waals surface area contributed by atoms with Crippen molar-refractivity contribution < 1.29 is 14.3 Å². The Balaban J connectivity index is 1.60. The number of amides is 2. The summed E-state index contributed by atoms with van der Waals surface area (Å²) < 4.78 is 5.41. The molecule has 3 rings (SSSR count). The van der Waals surface area contributed by atoms with Crippen LogP contribution in [0.2, 0.25) is 0 Å². The molecule has 1 fully saturated rings. The molecule has 28 heavy (non-hydrogen) atoms. The number of benzene rings is 2. The normalized spacial score (nSPS) is 17.5. The first kappa shape index (κ1) is 19.9. The van der Waals surface area contributed by atoms with E-state index in [1.54, 1.807) is 0 Å². The minimum Gasteiger partial charge on any atom is -0.494 e. The number of hydrogen-bond acceptors (Lipinski definition) is 5. The zero-order chi connectivity index (χ0) is 20.1. The molecule has 6 nitrogen and oxygen atoms in total. The fourth-order valence-corrected chi connectivity index (χ4v) is 3.72. The third kappa shape index (κ3) is 5.13. The van der Waals surface area contributed by atoms with Gasteiger partial charge in [0, 0.05) is 12.1 Å². The third-order valence-electron chi connectivity index (χ3n) is 4.19. The Morgan fingerprint density at radius 1 is 1.21 bits per heavy atom. The fourth-order valence-electron chi connectivity index (χ4n) is 2.73. The maximum atomic E-state index is 12.4. The quantitative estimate of drug-likeness (QED) is 0.773. The van der Waals surface area contributed by atoms with E-state index in [-0.39, 0.29) is 18.2 Å². The van der Waals surface area contributed by atoms with Crippen LogP contribution in [0.25, 0.3) is 0 Å². The van der Waals surface area contributed by atoms with Gasteiger partial charge in [0.1, 0.15) is 11.0 Å². The van der Waals surface area contributed by atoms with Crippen molar-refractivity contribution in [3.05, 3.63) is 53.6 Å². The molecule has 0 aromatic heterocycles. The van der Waals surface area contributed by atoms with Gasteiger partial charge in [-0.15, -0.1) is 0 Å². The van der Waals surface area contributed by atoms with Crippen molar-refractivity contribution in [3.8, 4) is 5.75 Å². The molecular formula is C21H23N3O3S. The van der Waals surface area contributed by atoms with E-state index in [1.165, 1.54) is 11.8 Å². The van der Waals surface area contributed by atoms with Crippen LogP contribution in [0, 0.1) is 13.8 Å². The van der Waals surface area contributed by atoms with Crippen LogP contribution in [0.5, 0.6) is 5.75 Å². The number of carbonyl (C=O) groups is 2. The zero-order valence-corrected chi connectivity index (χ0v) is 16.9. The van der Waals surface area contributed by atoms with Crippen LogP contribution in [-0.4, -0.2) is 28.8 Å². The van der Waals surface area contributed by atoms with Gasteiger partial charge in [-0.3, -0.25) is 9.59 Å². The minimum absolute atomic E-state index is 0.0895. The monoisotopic (exact) mass is 397 g/mol. The van der Waals surface area contributed by atoms with Gasteiger partial charge in [-0.2, -0.15) is 0 Å². The second-order valence-corrected chi connectivity index (χ2v) is 7.70. The van der Waals surface area contributed by atoms with Gasteiger partial charge in [-0.25, -0.2) is 4.99 Å². The molecule has 0 saturated carbocycles. The third-order valence-corrected chi connectivity index (χ3v) is 5.27. The zero-order valence-electron chi connectivity index (χ0n) is 16.1. The van der Waals surface area contributed by atoms with Gasteiger partial charge in [0.15, 0.2) is 5.17 Å². The molecule has 0 unspecified atom stereocenters. The summed E-state index contributed by atoms with van der Waals surface area (Å²) in [5, 5.41) is 5.64. The van der Waals surface area contributed by atoms with E-state index in [0.717, 1.165) is 22.6 Å². The van der Waals surface area contributed by atoms with Crippen LogP contribution in [0.4, 0.5) is 11.4 Å². The number of aliphatic imine (C=N–C) groups is 1. The molecule has 1 aliphatic heterocycles. The maximum Gasteiger partial charge on any atom is 0.240 e. The number of rotatable bonds is 6. The number of hydrogen-bond donors (Lipinski definition) is 2. The van der Waals surface area contributed by atoms with E-state index in [1.807, 2.05) is 63.2 Å². The second kappa shape index (κ2) is 8.93. The lowest BCUT2D eigenvalue weighted by Crippen LogP contribution is -2.28. The van der Waals surface area contributed by atoms with Crippen molar-refractivity contribution in [1.82, 2.24) is 5.32 Å². The highest BCUT2D eigenvalue weighted by atomic mass is 32.2. The number of ether oxygens (including phenoxy) is 1. The predicted octanol–water partition coefficient (Wildman–Crippen LogP) is 3.95. The van der Waals surface area contributed by atoms with E-state index in [2.05, 4.69) is 15.6 Å². The number of nitrogens with one attached hydrogen (secondary N) is 2. The molecule has 0 bridgehead atoms. The van der Waals surface area contributed by atoms with E-state index < -0.39 is 5.25 Å². The molecular weight excluding hydrogens is 374 g/mol. The Bertz CT molecular complexity index is 910. The molecule has 7 heteroatoms. The summed E-state index contributed by atoms with van der Waals surface area (Å²) in [5.74, 6) is 0.380. The Morgan fingerprint density at radius 2 is 1.96 bits per heavy atom. The Labute approximate surface area is 168 Å². The highest BCUT2D eigenvalue weighted by Gasteiger charge is 2.32. The largest absolute Gasteiger partial charge is 0.494 e. The molecule has 1 saturated heterocycles. The van der Waals surface area contributed by atoms with Crippen molar-refractivity contribution in [2.24, 2.45) is 4.99 Å². The van der Waals surface area contributed by atoms with Crippen LogP contribution < -0.4 is 15.4 Å². The summed E-state index contributed by atoms with van der Waals surface area (Å²) >= 11 is 1.27. The Morgan fingerprint density at radius 3 is 2.68 bits per heavy atom. The smallest absolute Gasteiger partial charge is 0.240 e. The van der Waals surface area contributed by atoms with Crippen molar-refractivity contribution in [3.63, 3.8) is 0 Å². The first-order valence-corrected chi connectivity index (χ1v) is 9.98. The Kier molecular flexibility index (Phi) is 6.36. The fraction of sp³-hybridized carbons (Fsp3) is 0.286. The van der Waals surface area contributed by atoms with Gasteiger partial charge < -0.3 is 15.4 Å². The highest BCUT2D eigenvalue weighted by Crippen LogP contribution is 2.27. The highest BCUT2D eigenvalue weighted by molar-refractivity contribution is 8.15. The number of anilines is 1. The lowest BCUT2D eigenvalue weighted by Gasteiger charge is -2.10. The maximum absolute atomic E-state index is 12.4. The molecule has 1 atom stereocenters. The van der Waals surface area contributed by atoms with Gasteiger partial charge in [-0.05, 0) is 62.2 Å². The minimum atomic E-state index is -0.494. The van der Waals surface area contributed by atoms with Crippen LogP contribution >= 0.6 is 11.8 Å². The van der Waals surface area contributed by atoms with E-state index >= 15 is 0 Å². The molecule has 2 N–H and O–H groups in total. The molecule has 1 aliphatic rings. The lowest BCUT2D eigenvalue weighted by molar-refractivity contribution is -0.122. The first-order valence-electron chi connectivity index (χ1n) is 9.11. The summed E-state index contributed by atoms with van der Waals surface area (Å²) in [6, 6.07) is 13.2. The van der Waals surface area contributed by atoms with Gasteiger partial charge in [-0.1, -0.05) is 23.9 Å². The SMILES string of the molecule is CCOc1ccc(N=C2NC(=O)[C@H](CC(=O)Nc3cc(C)ccc3C)S2)cc1. The topological polar surface area (TPSA) is 79.8 Å². The number of nitrogens with zero attached hydrogens (tertiary/aromatic N) is 1. The molecule has 2 amide bonds. The molecule has 0 aliphatic carbocycles. The molecule has 2 aromatic carbocycles. The number of carbonyl (C=O) groups excluding carboxylic acids is 2. The van der Waals surface area contributed by atoms with Gasteiger partial charge >= 0.3 is 0 Å². The molecule has 2 aromatic rings. The van der Waals surface area contributed by atoms with E-state index in [9.17, 15) is 9.59 Å². The lowest BCUT2D eigenvalue weighted by atomic mass is 10.1. The van der Waals surface area contributed by atoms with E-state index in [4.69, 9.17) is 4.74 Å². The number of aryl methyl sites for hydroxylation is 2. The van der Waals surface area contributed by atoms with Crippen LogP contribution in [0.15, 0.2) is 47.5 Å². The van der Waals surface area contributed by atoms with Crippen molar-refractivity contribution >= 4 is 40.1 Å². The summed E-state index contributed by atoms with van der Waals surface area (Å²) in [6.45, 7) is 6.44. The molecule has 0 radical (unpaired) electrons. The van der Waals surface area contributed by atoms with E-state index in [0.29, 0.717) is 17.5 Å². The first-order chi connectivity index (χ1) is 13.4. The number of amidine groups is 1. The average Bonchev–Trinajstić information content (AvgIpc) is 2.99. The van der Waals surface area contributed by atoms with Crippen LogP contribution in [0.1, 0.15) is 24.5 Å². The number of thioether (sulfide) groups is 1. The summed E-state index contributed by atoms with van der Waals surface area (Å²) in [4.78, 5) is 29.0. The van der Waals surface area contributed by atoms with Gasteiger partial charge in [0.25, 0.3) is 0 Å². The molecule has 1 heterocycles. The van der Waals surface area contributed by atoms with Crippen LogP contribution in [0.3, 0.4) is 0 Å². The second-order valence-electron chi connectivity index (χ2n) is 6.51. The van der Waals surface area contributed by atoms with Crippen molar-refractivity contribution in [2.45, 2.75) is 32.4 Å². The Hall–Kier alpha value is -2.80. The summed E-state index contributed by atoms with van der Waals surface area (Å²) in [5.41, 5.74) is 3.54. The van der Waals surface area contributed by atoms with Gasteiger partial charge in [0.2, 0.25) is 11.8 Å². The average molecular weight is 398 g/mol. The van der Waals surface area contributed by atoms with Gasteiger partial charge in [0.05, 0.1) is 12.3 Å². The van der Waals surface area contributed by atoms with Crippen molar-refractivity contribution in [1.29, 1.82) is 0 Å². The van der Waals surface area contributed by atoms with Crippen molar-refractivity contribution in [2.75, 3.05) is 11.9 Å². The molecule has 0 spiro atoms. The van der Waals surface area contributed by atoms with Crippen LogP contribution in [-0.2, 0) is 9.59 Å². The predicted molar refractivity (Wildman–Crippen MR) is 113 cm³/mol. The summed E-state index contributed by atoms with van der Waals surface area (Å²) in [7, 11) is 0. The standard InChI is InChI=1S/C21H23N3O3S/c1-4-27-16-9-7-15(8-10-16)22-21-24-20(26)18(28-21)12-19(25)23-17-11-13(2)5-6-14(17)3/h5-11,18H,4,12H2,1-3H3,(H,23,25)(H,22,24,26)/t18-/m0/s1. The summed E-state index contributed by atoms with van der Waals surface area (Å²) in [6.07, 6.45) is 0.0895. The molecule has 146 valence electrons.